The average molecular weight is 260 g/mol. The molecule has 19 heavy (non-hydrogen) atoms. The molecule has 2 aromatic carbocycles. The molecule has 0 heterocycles. The standard InChI is InChI=1S/C15H17FN2O/c1-3-19-15-10-13(8-9-14(15)17)18(2)12-6-4-11(16)5-7-12/h4-10H,3,17H2,1-2H3. The van der Waals surface area contributed by atoms with Gasteiger partial charge in [0.05, 0.1) is 12.3 Å². The molecular weight excluding hydrogens is 243 g/mol. The lowest BCUT2D eigenvalue weighted by molar-refractivity contribution is 0.342. The molecule has 0 bridgehead atoms. The molecule has 0 amide bonds. The maximum Gasteiger partial charge on any atom is 0.144 e. The molecular formula is C15H17FN2O. The van der Waals surface area contributed by atoms with Crippen LogP contribution < -0.4 is 15.4 Å². The first-order chi connectivity index (χ1) is 9.11. The predicted octanol–water partition coefficient (Wildman–Crippen LogP) is 3.57. The van der Waals surface area contributed by atoms with Gasteiger partial charge in [0, 0.05) is 24.5 Å². The first-order valence-electron chi connectivity index (χ1n) is 6.13. The van der Waals surface area contributed by atoms with Crippen molar-refractivity contribution in [2.75, 3.05) is 24.3 Å². The van der Waals surface area contributed by atoms with Crippen molar-refractivity contribution in [2.45, 2.75) is 6.92 Å². The van der Waals surface area contributed by atoms with Crippen molar-refractivity contribution < 1.29 is 9.13 Å². The Morgan fingerprint density at radius 2 is 1.74 bits per heavy atom. The Hall–Kier alpha value is -2.23. The second-order valence-corrected chi connectivity index (χ2v) is 4.19. The number of nitrogens with two attached hydrogens (primary N) is 1. The van der Waals surface area contributed by atoms with Crippen LogP contribution in [-0.4, -0.2) is 13.7 Å². The minimum Gasteiger partial charge on any atom is -0.492 e. The van der Waals surface area contributed by atoms with Gasteiger partial charge in [-0.15, -0.1) is 0 Å². The fourth-order valence-corrected chi connectivity index (χ4v) is 1.83. The molecule has 0 unspecified atom stereocenters. The quantitative estimate of drug-likeness (QED) is 0.854. The van der Waals surface area contributed by atoms with Crippen molar-refractivity contribution in [2.24, 2.45) is 0 Å². The lowest BCUT2D eigenvalue weighted by Gasteiger charge is -2.20. The third kappa shape index (κ3) is 2.96. The van der Waals surface area contributed by atoms with Gasteiger partial charge in [0.25, 0.3) is 0 Å². The molecule has 0 saturated heterocycles. The van der Waals surface area contributed by atoms with Crippen molar-refractivity contribution >= 4 is 17.1 Å². The largest absolute Gasteiger partial charge is 0.492 e. The first-order valence-corrected chi connectivity index (χ1v) is 6.13. The van der Waals surface area contributed by atoms with Gasteiger partial charge >= 0.3 is 0 Å². The lowest BCUT2D eigenvalue weighted by Crippen LogP contribution is -2.10. The molecule has 2 rings (SSSR count). The number of ether oxygens (including phenoxy) is 1. The molecule has 0 fully saturated rings. The van der Waals surface area contributed by atoms with Gasteiger partial charge in [-0.1, -0.05) is 0 Å². The number of hydrogen-bond acceptors (Lipinski definition) is 3. The van der Waals surface area contributed by atoms with E-state index in [9.17, 15) is 4.39 Å². The van der Waals surface area contributed by atoms with E-state index in [4.69, 9.17) is 10.5 Å². The van der Waals surface area contributed by atoms with Gasteiger partial charge in [-0.25, -0.2) is 4.39 Å². The molecule has 0 radical (unpaired) electrons. The van der Waals surface area contributed by atoms with Crippen LogP contribution in [-0.2, 0) is 0 Å². The summed E-state index contributed by atoms with van der Waals surface area (Å²) in [7, 11) is 1.91. The summed E-state index contributed by atoms with van der Waals surface area (Å²) in [6, 6.07) is 11.9. The van der Waals surface area contributed by atoms with E-state index in [1.165, 1.54) is 12.1 Å². The van der Waals surface area contributed by atoms with Crippen LogP contribution in [0.15, 0.2) is 42.5 Å². The highest BCUT2D eigenvalue weighted by Gasteiger charge is 2.07. The van der Waals surface area contributed by atoms with Crippen LogP contribution in [0.2, 0.25) is 0 Å². The van der Waals surface area contributed by atoms with Crippen LogP contribution in [0.5, 0.6) is 5.75 Å². The Kier molecular flexibility index (Phi) is 3.90. The summed E-state index contributed by atoms with van der Waals surface area (Å²) in [4.78, 5) is 1.95. The van der Waals surface area contributed by atoms with E-state index in [2.05, 4.69) is 0 Å². The van der Waals surface area contributed by atoms with Crippen LogP contribution >= 0.6 is 0 Å². The van der Waals surface area contributed by atoms with Crippen LogP contribution in [0.1, 0.15) is 6.92 Å². The highest BCUT2D eigenvalue weighted by Crippen LogP contribution is 2.30. The van der Waals surface area contributed by atoms with Gasteiger partial charge in [0.15, 0.2) is 0 Å². The van der Waals surface area contributed by atoms with Crippen molar-refractivity contribution in [1.29, 1.82) is 0 Å². The number of anilines is 3. The van der Waals surface area contributed by atoms with E-state index in [1.54, 1.807) is 18.2 Å². The van der Waals surface area contributed by atoms with Crippen molar-refractivity contribution in [1.82, 2.24) is 0 Å². The summed E-state index contributed by atoms with van der Waals surface area (Å²) in [5, 5.41) is 0. The van der Waals surface area contributed by atoms with Crippen molar-refractivity contribution in [3.63, 3.8) is 0 Å². The number of halogens is 1. The summed E-state index contributed by atoms with van der Waals surface area (Å²) >= 11 is 0. The van der Waals surface area contributed by atoms with Crippen molar-refractivity contribution in [3.05, 3.63) is 48.3 Å². The van der Waals surface area contributed by atoms with Gasteiger partial charge in [0.2, 0.25) is 0 Å². The van der Waals surface area contributed by atoms with Crippen LogP contribution in [0.3, 0.4) is 0 Å². The minimum atomic E-state index is -0.246. The highest BCUT2D eigenvalue weighted by atomic mass is 19.1. The molecule has 0 aliphatic carbocycles. The summed E-state index contributed by atoms with van der Waals surface area (Å²) < 4.78 is 18.4. The SMILES string of the molecule is CCOc1cc(N(C)c2ccc(F)cc2)ccc1N. The van der Waals surface area contributed by atoms with Gasteiger partial charge in [0.1, 0.15) is 11.6 Å². The monoisotopic (exact) mass is 260 g/mol. The summed E-state index contributed by atoms with van der Waals surface area (Å²) in [5.74, 6) is 0.415. The fourth-order valence-electron chi connectivity index (χ4n) is 1.83. The van der Waals surface area contributed by atoms with Crippen LogP contribution in [0.4, 0.5) is 21.5 Å². The molecule has 0 aliphatic heterocycles. The molecule has 0 spiro atoms. The van der Waals surface area contributed by atoms with E-state index in [0.29, 0.717) is 18.0 Å². The third-order valence-corrected chi connectivity index (χ3v) is 2.90. The van der Waals surface area contributed by atoms with Gasteiger partial charge in [-0.2, -0.15) is 0 Å². The second kappa shape index (κ2) is 5.61. The van der Waals surface area contributed by atoms with E-state index in [0.717, 1.165) is 11.4 Å². The highest BCUT2D eigenvalue weighted by molar-refractivity contribution is 5.68. The number of nitrogen functional groups attached to an aromatic ring is 1. The number of nitrogens with zero attached hydrogens (tertiary/aromatic N) is 1. The number of benzene rings is 2. The van der Waals surface area contributed by atoms with E-state index < -0.39 is 0 Å². The Labute approximate surface area is 112 Å². The number of rotatable bonds is 4. The molecule has 0 saturated carbocycles. The second-order valence-electron chi connectivity index (χ2n) is 4.19. The zero-order valence-electron chi connectivity index (χ0n) is 11.1. The maximum atomic E-state index is 12.9. The van der Waals surface area contributed by atoms with Crippen LogP contribution in [0.25, 0.3) is 0 Å². The molecule has 0 aliphatic rings. The zero-order valence-corrected chi connectivity index (χ0v) is 11.1. The van der Waals surface area contributed by atoms with Gasteiger partial charge < -0.3 is 15.4 Å². The molecule has 100 valence electrons. The Morgan fingerprint density at radius 1 is 1.11 bits per heavy atom. The minimum absolute atomic E-state index is 0.246. The van der Waals surface area contributed by atoms with E-state index in [-0.39, 0.29) is 5.82 Å². The van der Waals surface area contributed by atoms with E-state index >= 15 is 0 Å². The smallest absolute Gasteiger partial charge is 0.144 e. The molecule has 0 atom stereocenters. The van der Waals surface area contributed by atoms with Gasteiger partial charge in [-0.3, -0.25) is 0 Å². The Morgan fingerprint density at radius 3 is 2.37 bits per heavy atom. The lowest BCUT2D eigenvalue weighted by atomic mass is 10.2. The topological polar surface area (TPSA) is 38.5 Å². The molecule has 2 N–H and O–H groups in total. The molecule has 0 aromatic heterocycles. The van der Waals surface area contributed by atoms with Gasteiger partial charge in [-0.05, 0) is 43.3 Å². The normalized spacial score (nSPS) is 10.3. The summed E-state index contributed by atoms with van der Waals surface area (Å²) in [5.41, 5.74) is 8.28. The molecule has 4 heteroatoms. The molecule has 3 nitrogen and oxygen atoms in total. The Balaban J connectivity index is 2.30. The van der Waals surface area contributed by atoms with Crippen molar-refractivity contribution in [3.8, 4) is 5.75 Å². The summed E-state index contributed by atoms with van der Waals surface area (Å²) in [6.07, 6.45) is 0. The third-order valence-electron chi connectivity index (χ3n) is 2.90. The zero-order chi connectivity index (χ0) is 13.8. The predicted molar refractivity (Wildman–Crippen MR) is 76.5 cm³/mol. The first kappa shape index (κ1) is 13.2. The summed E-state index contributed by atoms with van der Waals surface area (Å²) in [6.45, 7) is 2.48. The fraction of sp³-hybridized carbons (Fsp3) is 0.200. The maximum absolute atomic E-state index is 12.9. The van der Waals surface area contributed by atoms with E-state index in [1.807, 2.05) is 31.0 Å². The van der Waals surface area contributed by atoms with Crippen LogP contribution in [0, 0.1) is 5.82 Å². The Bertz CT molecular complexity index is 555. The average Bonchev–Trinajstić information content (AvgIpc) is 2.41. The number of hydrogen-bond donors (Lipinski definition) is 1. The molecule has 2 aromatic rings.